The SMILES string of the molecule is NC(=S)N1N=C(c2ccc(F)cc2)CC1c1ccc2c(c1)OCO2. The summed E-state index contributed by atoms with van der Waals surface area (Å²) in [6, 6.07) is 11.8. The number of thiocarbonyl (C=S) groups is 1. The summed E-state index contributed by atoms with van der Waals surface area (Å²) in [4.78, 5) is 0. The monoisotopic (exact) mass is 343 g/mol. The third-order valence-corrected chi connectivity index (χ3v) is 4.28. The lowest BCUT2D eigenvalue weighted by Crippen LogP contribution is -2.31. The largest absolute Gasteiger partial charge is 0.454 e. The Bertz CT molecular complexity index is 838. The fourth-order valence-electron chi connectivity index (χ4n) is 2.91. The fraction of sp³-hybridized carbons (Fsp3) is 0.176. The van der Waals surface area contributed by atoms with Crippen LogP contribution in [0.4, 0.5) is 4.39 Å². The summed E-state index contributed by atoms with van der Waals surface area (Å²) in [6.45, 7) is 0.222. The van der Waals surface area contributed by atoms with E-state index in [1.807, 2.05) is 18.2 Å². The van der Waals surface area contributed by atoms with Crippen molar-refractivity contribution in [2.45, 2.75) is 12.5 Å². The Morgan fingerprint density at radius 3 is 2.67 bits per heavy atom. The quantitative estimate of drug-likeness (QED) is 0.850. The molecule has 24 heavy (non-hydrogen) atoms. The molecule has 2 aromatic rings. The number of rotatable bonds is 2. The van der Waals surface area contributed by atoms with Gasteiger partial charge in [-0.25, -0.2) is 9.40 Å². The highest BCUT2D eigenvalue weighted by Gasteiger charge is 2.31. The standard InChI is InChI=1S/C17H14FN3O2S/c18-12-4-1-10(2-5-12)13-8-14(21(20-13)17(19)24)11-3-6-15-16(7-11)23-9-22-15/h1-7,14H,8-9H2,(H2,19,24). The zero-order chi connectivity index (χ0) is 16.7. The first-order valence-electron chi connectivity index (χ1n) is 7.43. The van der Waals surface area contributed by atoms with E-state index >= 15 is 0 Å². The van der Waals surface area contributed by atoms with Gasteiger partial charge in [-0.2, -0.15) is 5.10 Å². The van der Waals surface area contributed by atoms with Gasteiger partial charge >= 0.3 is 0 Å². The molecule has 0 bridgehead atoms. The van der Waals surface area contributed by atoms with E-state index in [9.17, 15) is 4.39 Å². The van der Waals surface area contributed by atoms with Crippen LogP contribution in [0.5, 0.6) is 11.5 Å². The summed E-state index contributed by atoms with van der Waals surface area (Å²) in [7, 11) is 0. The Kier molecular flexibility index (Phi) is 3.57. The summed E-state index contributed by atoms with van der Waals surface area (Å²) < 4.78 is 23.9. The summed E-state index contributed by atoms with van der Waals surface area (Å²) in [5.41, 5.74) is 8.48. The molecular formula is C17H14FN3O2S. The second kappa shape index (κ2) is 5.76. The van der Waals surface area contributed by atoms with Gasteiger partial charge in [0.25, 0.3) is 0 Å². The maximum absolute atomic E-state index is 13.1. The molecular weight excluding hydrogens is 329 g/mol. The number of hydrogen-bond acceptors (Lipinski definition) is 4. The van der Waals surface area contributed by atoms with Gasteiger partial charge in [0.05, 0.1) is 11.8 Å². The number of ether oxygens (including phenoxy) is 2. The van der Waals surface area contributed by atoms with E-state index in [2.05, 4.69) is 5.10 Å². The van der Waals surface area contributed by atoms with Gasteiger partial charge in [0.2, 0.25) is 6.79 Å². The Morgan fingerprint density at radius 1 is 1.17 bits per heavy atom. The van der Waals surface area contributed by atoms with Gasteiger partial charge in [-0.05, 0) is 47.6 Å². The Balaban J connectivity index is 1.67. The van der Waals surface area contributed by atoms with Crippen LogP contribution in [0.1, 0.15) is 23.6 Å². The molecule has 7 heteroatoms. The van der Waals surface area contributed by atoms with E-state index in [0.29, 0.717) is 12.2 Å². The van der Waals surface area contributed by atoms with Crippen molar-refractivity contribution in [1.82, 2.24) is 5.01 Å². The molecule has 0 aromatic heterocycles. The van der Waals surface area contributed by atoms with E-state index < -0.39 is 0 Å². The minimum absolute atomic E-state index is 0.128. The highest BCUT2D eigenvalue weighted by molar-refractivity contribution is 7.80. The lowest BCUT2D eigenvalue weighted by Gasteiger charge is -2.22. The van der Waals surface area contributed by atoms with Crippen molar-refractivity contribution in [3.63, 3.8) is 0 Å². The van der Waals surface area contributed by atoms with Crippen molar-refractivity contribution in [1.29, 1.82) is 0 Å². The molecule has 1 unspecified atom stereocenters. The molecule has 0 saturated heterocycles. The van der Waals surface area contributed by atoms with Crippen molar-refractivity contribution in [2.75, 3.05) is 6.79 Å². The second-order valence-corrected chi connectivity index (χ2v) is 5.99. The first kappa shape index (κ1) is 14.9. The lowest BCUT2D eigenvalue weighted by atomic mass is 9.98. The molecule has 0 amide bonds. The van der Waals surface area contributed by atoms with E-state index in [4.69, 9.17) is 27.4 Å². The molecule has 0 saturated carbocycles. The maximum Gasteiger partial charge on any atom is 0.231 e. The highest BCUT2D eigenvalue weighted by Crippen LogP contribution is 2.39. The Morgan fingerprint density at radius 2 is 1.92 bits per heavy atom. The van der Waals surface area contributed by atoms with Crippen molar-refractivity contribution < 1.29 is 13.9 Å². The van der Waals surface area contributed by atoms with Crippen molar-refractivity contribution in [3.05, 3.63) is 59.4 Å². The van der Waals surface area contributed by atoms with Crippen LogP contribution in [-0.4, -0.2) is 22.6 Å². The number of hydrogen-bond donors (Lipinski definition) is 1. The molecule has 122 valence electrons. The second-order valence-electron chi connectivity index (χ2n) is 5.57. The predicted octanol–water partition coefficient (Wildman–Crippen LogP) is 2.95. The molecule has 5 nitrogen and oxygen atoms in total. The summed E-state index contributed by atoms with van der Waals surface area (Å²) in [6.07, 6.45) is 0.614. The van der Waals surface area contributed by atoms with Crippen LogP contribution in [0.2, 0.25) is 0 Å². The first-order valence-corrected chi connectivity index (χ1v) is 7.84. The smallest absolute Gasteiger partial charge is 0.231 e. The Hall–Kier alpha value is -2.67. The van der Waals surface area contributed by atoms with Crippen LogP contribution in [0.15, 0.2) is 47.6 Å². The zero-order valence-corrected chi connectivity index (χ0v) is 13.4. The molecule has 2 N–H and O–H groups in total. The van der Waals surface area contributed by atoms with Gasteiger partial charge in [-0.1, -0.05) is 18.2 Å². The van der Waals surface area contributed by atoms with Crippen LogP contribution < -0.4 is 15.2 Å². The third kappa shape index (κ3) is 2.56. The third-order valence-electron chi connectivity index (χ3n) is 4.10. The minimum Gasteiger partial charge on any atom is -0.454 e. The van der Waals surface area contributed by atoms with Gasteiger partial charge in [0.15, 0.2) is 16.6 Å². The van der Waals surface area contributed by atoms with E-state index in [-0.39, 0.29) is 23.8 Å². The summed E-state index contributed by atoms with van der Waals surface area (Å²) >= 11 is 5.14. The van der Waals surface area contributed by atoms with Gasteiger partial charge in [-0.15, -0.1) is 0 Å². The number of fused-ring (bicyclic) bond motifs is 1. The van der Waals surface area contributed by atoms with Crippen LogP contribution in [0.25, 0.3) is 0 Å². The average molecular weight is 343 g/mol. The first-order chi connectivity index (χ1) is 11.6. The number of benzene rings is 2. The van der Waals surface area contributed by atoms with Crippen molar-refractivity contribution in [2.24, 2.45) is 10.8 Å². The topological polar surface area (TPSA) is 60.1 Å². The molecule has 2 aromatic carbocycles. The summed E-state index contributed by atoms with van der Waals surface area (Å²) in [5, 5.41) is 6.33. The molecule has 1 atom stereocenters. The van der Waals surface area contributed by atoms with E-state index in [1.165, 1.54) is 12.1 Å². The van der Waals surface area contributed by atoms with Gasteiger partial charge in [0, 0.05) is 6.42 Å². The van der Waals surface area contributed by atoms with Crippen LogP contribution in [-0.2, 0) is 0 Å². The fourth-order valence-corrected chi connectivity index (χ4v) is 3.08. The average Bonchev–Trinajstić information content (AvgIpc) is 3.21. The molecule has 2 heterocycles. The molecule has 0 fully saturated rings. The van der Waals surface area contributed by atoms with E-state index in [0.717, 1.165) is 22.6 Å². The molecule has 0 aliphatic carbocycles. The number of nitrogens with zero attached hydrogens (tertiary/aromatic N) is 2. The van der Waals surface area contributed by atoms with Gasteiger partial charge < -0.3 is 15.2 Å². The van der Waals surface area contributed by atoms with Crippen LogP contribution >= 0.6 is 12.2 Å². The van der Waals surface area contributed by atoms with Crippen molar-refractivity contribution >= 4 is 23.0 Å². The van der Waals surface area contributed by atoms with Crippen LogP contribution in [0, 0.1) is 5.82 Å². The number of nitrogens with two attached hydrogens (primary N) is 1. The maximum atomic E-state index is 13.1. The zero-order valence-electron chi connectivity index (χ0n) is 12.6. The molecule has 0 spiro atoms. The predicted molar refractivity (Wildman–Crippen MR) is 91.5 cm³/mol. The number of hydrazone groups is 1. The highest BCUT2D eigenvalue weighted by atomic mass is 32.1. The molecule has 2 aliphatic heterocycles. The van der Waals surface area contributed by atoms with Gasteiger partial charge in [0.1, 0.15) is 5.82 Å². The number of halogens is 1. The van der Waals surface area contributed by atoms with Crippen LogP contribution in [0.3, 0.4) is 0 Å². The summed E-state index contributed by atoms with van der Waals surface area (Å²) in [5.74, 6) is 1.14. The molecule has 4 rings (SSSR count). The lowest BCUT2D eigenvalue weighted by molar-refractivity contribution is 0.174. The normalized spacial score (nSPS) is 18.6. The van der Waals surface area contributed by atoms with E-state index in [1.54, 1.807) is 17.1 Å². The van der Waals surface area contributed by atoms with Crippen molar-refractivity contribution in [3.8, 4) is 11.5 Å². The minimum atomic E-state index is -0.282. The van der Waals surface area contributed by atoms with Gasteiger partial charge in [-0.3, -0.25) is 0 Å². The molecule has 0 radical (unpaired) electrons. The Labute approximate surface area is 143 Å². The molecule has 2 aliphatic rings.